The first kappa shape index (κ1) is 31.2. The van der Waals surface area contributed by atoms with E-state index in [0.717, 1.165) is 27.7 Å². The van der Waals surface area contributed by atoms with Crippen LogP contribution >= 0.6 is 0 Å². The Labute approximate surface area is 305 Å². The molecule has 0 spiro atoms. The van der Waals surface area contributed by atoms with E-state index in [9.17, 15) is 0 Å². The van der Waals surface area contributed by atoms with Gasteiger partial charge in [0.25, 0.3) is 0 Å². The quantitative estimate of drug-likeness (QED) is 0.166. The fourth-order valence-electron chi connectivity index (χ4n) is 7.26. The molecule has 0 N–H and O–H groups in total. The summed E-state index contributed by atoms with van der Waals surface area (Å²) in [4.78, 5) is 5.21. The highest BCUT2D eigenvalue weighted by Crippen LogP contribution is 2.39. The van der Waals surface area contributed by atoms with Crippen LogP contribution in [0.2, 0.25) is 0 Å². The number of benzene rings is 8. The second-order valence-corrected chi connectivity index (χ2v) is 13.2. The van der Waals surface area contributed by atoms with Crippen LogP contribution in [0, 0.1) is 0 Å². The number of rotatable bonds is 7. The minimum absolute atomic E-state index is 0.956. The van der Waals surface area contributed by atoms with Crippen LogP contribution in [0.4, 0.5) is 0 Å². The van der Waals surface area contributed by atoms with Crippen molar-refractivity contribution in [3.05, 3.63) is 212 Å². The van der Waals surface area contributed by atoms with Gasteiger partial charge < -0.3 is 0 Å². The molecule has 244 valence electrons. The van der Waals surface area contributed by atoms with Gasteiger partial charge in [0, 0.05) is 10.9 Å². The summed E-state index contributed by atoms with van der Waals surface area (Å²) in [7, 11) is 0. The molecule has 0 saturated heterocycles. The summed E-state index contributed by atoms with van der Waals surface area (Å²) < 4.78 is 0. The number of para-hydroxylation sites is 1. The summed E-state index contributed by atoms with van der Waals surface area (Å²) in [6.45, 7) is 0. The van der Waals surface area contributed by atoms with Gasteiger partial charge in [0.15, 0.2) is 0 Å². The maximum Gasteiger partial charge on any atom is 0.0716 e. The van der Waals surface area contributed by atoms with Gasteiger partial charge in [-0.2, -0.15) is 0 Å². The molecule has 0 bridgehead atoms. The van der Waals surface area contributed by atoms with Gasteiger partial charge in [0.2, 0.25) is 0 Å². The molecule has 1 nitrogen and oxygen atoms in total. The van der Waals surface area contributed by atoms with E-state index in [0.29, 0.717) is 0 Å². The standard InChI is InChI=1S/C51H35N/c1-4-16-36(17-5-1)43-32-44(37-18-6-2-7-19-37)34-45(33-43)41-24-14-22-39(30-41)40-23-15-25-42(31-40)51-35-49(48-28-12-13-29-50(48)52-51)47-27-11-10-26-46(47)38-20-8-3-9-21-38/h1-35H. The van der Waals surface area contributed by atoms with Crippen molar-refractivity contribution in [2.45, 2.75) is 0 Å². The second-order valence-electron chi connectivity index (χ2n) is 13.2. The summed E-state index contributed by atoms with van der Waals surface area (Å²) in [5, 5.41) is 1.14. The summed E-state index contributed by atoms with van der Waals surface area (Å²) in [5.41, 5.74) is 17.3. The molecule has 0 amide bonds. The number of hydrogen-bond acceptors (Lipinski definition) is 1. The Balaban J connectivity index is 1.13. The SMILES string of the molecule is c1ccc(-c2cc(-c3ccccc3)cc(-c3cccc(-c4cccc(-c5cc(-c6ccccc6-c6ccccc6)c6ccccc6n5)c4)c3)c2)cc1. The highest BCUT2D eigenvalue weighted by Gasteiger charge is 2.15. The molecule has 52 heavy (non-hydrogen) atoms. The molecule has 0 saturated carbocycles. The zero-order valence-electron chi connectivity index (χ0n) is 28.7. The molecule has 1 heteroatoms. The third-order valence-corrected chi connectivity index (χ3v) is 9.85. The lowest BCUT2D eigenvalue weighted by Gasteiger charge is -2.15. The van der Waals surface area contributed by atoms with E-state index >= 15 is 0 Å². The zero-order chi connectivity index (χ0) is 34.7. The van der Waals surface area contributed by atoms with Gasteiger partial charge in [-0.25, -0.2) is 4.98 Å². The van der Waals surface area contributed by atoms with Crippen LogP contribution < -0.4 is 0 Å². The van der Waals surface area contributed by atoms with Crippen molar-refractivity contribution in [2.75, 3.05) is 0 Å². The van der Waals surface area contributed by atoms with E-state index in [1.807, 2.05) is 0 Å². The largest absolute Gasteiger partial charge is 0.248 e. The Morgan fingerprint density at radius 1 is 0.231 bits per heavy atom. The summed E-state index contributed by atoms with van der Waals surface area (Å²) in [6, 6.07) is 76.0. The number of fused-ring (bicyclic) bond motifs is 1. The Morgan fingerprint density at radius 2 is 0.635 bits per heavy atom. The average Bonchev–Trinajstić information content (AvgIpc) is 3.24. The van der Waals surface area contributed by atoms with Gasteiger partial charge in [-0.3, -0.25) is 0 Å². The molecule has 8 aromatic carbocycles. The molecule has 1 aromatic heterocycles. The Kier molecular flexibility index (Phi) is 8.29. The molecule has 0 aliphatic carbocycles. The summed E-state index contributed by atoms with van der Waals surface area (Å²) in [5.74, 6) is 0. The molecule has 0 aliphatic heterocycles. The average molecular weight is 662 g/mol. The van der Waals surface area contributed by atoms with Crippen molar-refractivity contribution in [1.29, 1.82) is 0 Å². The van der Waals surface area contributed by atoms with Crippen LogP contribution in [0.15, 0.2) is 212 Å². The molecule has 1 heterocycles. The maximum atomic E-state index is 5.21. The first-order valence-corrected chi connectivity index (χ1v) is 17.8. The molecule has 0 atom stereocenters. The summed E-state index contributed by atoms with van der Waals surface area (Å²) >= 11 is 0. The third kappa shape index (κ3) is 6.21. The van der Waals surface area contributed by atoms with Crippen LogP contribution in [0.1, 0.15) is 0 Å². The third-order valence-electron chi connectivity index (χ3n) is 9.85. The van der Waals surface area contributed by atoms with Crippen LogP contribution in [-0.2, 0) is 0 Å². The number of pyridine rings is 1. The van der Waals surface area contributed by atoms with Gasteiger partial charge in [-0.15, -0.1) is 0 Å². The lowest BCUT2D eigenvalue weighted by atomic mass is 9.91. The number of hydrogen-bond donors (Lipinski definition) is 0. The fourth-order valence-corrected chi connectivity index (χ4v) is 7.26. The van der Waals surface area contributed by atoms with Crippen molar-refractivity contribution in [1.82, 2.24) is 4.98 Å². The maximum absolute atomic E-state index is 5.21. The first-order chi connectivity index (χ1) is 25.8. The van der Waals surface area contributed by atoms with Crippen molar-refractivity contribution in [3.8, 4) is 78.0 Å². The van der Waals surface area contributed by atoms with E-state index in [1.165, 1.54) is 61.2 Å². The van der Waals surface area contributed by atoms with Gasteiger partial charge >= 0.3 is 0 Å². The van der Waals surface area contributed by atoms with Crippen LogP contribution in [-0.4, -0.2) is 4.98 Å². The van der Waals surface area contributed by atoms with Crippen molar-refractivity contribution >= 4 is 10.9 Å². The molecule has 0 unspecified atom stereocenters. The second kappa shape index (κ2) is 13.8. The van der Waals surface area contributed by atoms with E-state index in [1.54, 1.807) is 0 Å². The topological polar surface area (TPSA) is 12.9 Å². The van der Waals surface area contributed by atoms with Crippen molar-refractivity contribution in [2.24, 2.45) is 0 Å². The number of aromatic nitrogens is 1. The minimum Gasteiger partial charge on any atom is -0.248 e. The smallest absolute Gasteiger partial charge is 0.0716 e. The molecule has 0 fully saturated rings. The minimum atomic E-state index is 0.956. The first-order valence-electron chi connectivity index (χ1n) is 17.8. The van der Waals surface area contributed by atoms with Crippen LogP contribution in [0.25, 0.3) is 88.9 Å². The molecular formula is C51H35N. The van der Waals surface area contributed by atoms with Crippen molar-refractivity contribution in [3.63, 3.8) is 0 Å². The highest BCUT2D eigenvalue weighted by atomic mass is 14.7. The van der Waals surface area contributed by atoms with E-state index in [2.05, 4.69) is 212 Å². The van der Waals surface area contributed by atoms with E-state index in [4.69, 9.17) is 4.98 Å². The molecule has 9 rings (SSSR count). The lowest BCUT2D eigenvalue weighted by molar-refractivity contribution is 1.40. The number of nitrogens with zero attached hydrogens (tertiary/aromatic N) is 1. The Hall–Kier alpha value is -6.83. The Bertz CT molecular complexity index is 2600. The fraction of sp³-hybridized carbons (Fsp3) is 0. The monoisotopic (exact) mass is 661 g/mol. The molecule has 0 aliphatic rings. The van der Waals surface area contributed by atoms with Crippen LogP contribution in [0.3, 0.4) is 0 Å². The molecule has 9 aromatic rings. The Morgan fingerprint density at radius 3 is 1.25 bits per heavy atom. The lowest BCUT2D eigenvalue weighted by Crippen LogP contribution is -1.92. The van der Waals surface area contributed by atoms with Gasteiger partial charge in [-0.1, -0.05) is 170 Å². The van der Waals surface area contributed by atoms with Gasteiger partial charge in [0.1, 0.15) is 0 Å². The van der Waals surface area contributed by atoms with Crippen LogP contribution in [0.5, 0.6) is 0 Å². The van der Waals surface area contributed by atoms with Gasteiger partial charge in [0.05, 0.1) is 11.2 Å². The summed E-state index contributed by atoms with van der Waals surface area (Å²) in [6.07, 6.45) is 0. The zero-order valence-corrected chi connectivity index (χ0v) is 28.7. The predicted octanol–water partition coefficient (Wildman–Crippen LogP) is 13.9. The van der Waals surface area contributed by atoms with Crippen molar-refractivity contribution < 1.29 is 0 Å². The van der Waals surface area contributed by atoms with E-state index in [-0.39, 0.29) is 0 Å². The predicted molar refractivity (Wildman–Crippen MR) is 220 cm³/mol. The molecule has 0 radical (unpaired) electrons. The highest BCUT2D eigenvalue weighted by molar-refractivity contribution is 6.00. The normalized spacial score (nSPS) is 11.1. The van der Waals surface area contributed by atoms with Gasteiger partial charge in [-0.05, 0) is 109 Å². The molecular weight excluding hydrogens is 627 g/mol. The van der Waals surface area contributed by atoms with E-state index < -0.39 is 0 Å².